The van der Waals surface area contributed by atoms with Crippen molar-refractivity contribution in [3.63, 3.8) is 0 Å². The topological polar surface area (TPSA) is 86.0 Å². The normalized spacial score (nSPS) is 20.9. The molecule has 2 N–H and O–H groups in total. The SMILES string of the molecule is COCCN1[C@H](C)CN(c2nc(N)c3cc(OC)c(OC)cc3n2)C[C@@H]1C. The van der Waals surface area contributed by atoms with Crippen LogP contribution in [0.25, 0.3) is 10.9 Å². The largest absolute Gasteiger partial charge is 0.493 e. The van der Waals surface area contributed by atoms with Gasteiger partial charge in [-0.3, -0.25) is 4.90 Å². The Morgan fingerprint density at radius 2 is 1.67 bits per heavy atom. The van der Waals surface area contributed by atoms with Crippen LogP contribution in [0.3, 0.4) is 0 Å². The average molecular weight is 375 g/mol. The van der Waals surface area contributed by atoms with Gasteiger partial charge in [0.15, 0.2) is 11.5 Å². The maximum atomic E-state index is 6.24. The highest BCUT2D eigenvalue weighted by Gasteiger charge is 2.30. The molecule has 1 aromatic carbocycles. The van der Waals surface area contributed by atoms with Gasteiger partial charge in [0, 0.05) is 50.3 Å². The Labute approximate surface area is 160 Å². The maximum Gasteiger partial charge on any atom is 0.227 e. The van der Waals surface area contributed by atoms with E-state index in [1.54, 1.807) is 21.3 Å². The number of benzene rings is 1. The van der Waals surface area contributed by atoms with Gasteiger partial charge in [0.1, 0.15) is 5.82 Å². The molecule has 1 aliphatic rings. The third-order valence-electron chi connectivity index (χ3n) is 5.16. The number of hydrogen-bond acceptors (Lipinski definition) is 8. The second-order valence-electron chi connectivity index (χ2n) is 6.97. The van der Waals surface area contributed by atoms with E-state index in [1.165, 1.54) is 0 Å². The first-order chi connectivity index (χ1) is 13.0. The predicted molar refractivity (Wildman–Crippen MR) is 107 cm³/mol. The van der Waals surface area contributed by atoms with Gasteiger partial charge in [0.05, 0.1) is 26.3 Å². The first-order valence-corrected chi connectivity index (χ1v) is 9.17. The van der Waals surface area contributed by atoms with E-state index in [0.717, 1.165) is 37.1 Å². The molecule has 1 aromatic heterocycles. The number of nitrogens with zero attached hydrogens (tertiary/aromatic N) is 4. The molecule has 0 unspecified atom stereocenters. The third-order valence-corrected chi connectivity index (χ3v) is 5.16. The molecule has 148 valence electrons. The van der Waals surface area contributed by atoms with E-state index in [4.69, 9.17) is 24.9 Å². The van der Waals surface area contributed by atoms with Gasteiger partial charge in [-0.1, -0.05) is 0 Å². The molecule has 0 spiro atoms. The second-order valence-corrected chi connectivity index (χ2v) is 6.97. The summed E-state index contributed by atoms with van der Waals surface area (Å²) in [6.07, 6.45) is 0. The Hall–Kier alpha value is -2.32. The number of ether oxygens (including phenoxy) is 3. The summed E-state index contributed by atoms with van der Waals surface area (Å²) < 4.78 is 16.0. The lowest BCUT2D eigenvalue weighted by Crippen LogP contribution is -2.57. The molecule has 0 radical (unpaired) electrons. The molecule has 2 heterocycles. The van der Waals surface area contributed by atoms with Crippen molar-refractivity contribution in [2.24, 2.45) is 0 Å². The van der Waals surface area contributed by atoms with Gasteiger partial charge in [-0.05, 0) is 19.9 Å². The van der Waals surface area contributed by atoms with Crippen LogP contribution in [0.2, 0.25) is 0 Å². The lowest BCUT2D eigenvalue weighted by Gasteiger charge is -2.44. The molecule has 0 amide bonds. The van der Waals surface area contributed by atoms with Crippen molar-refractivity contribution in [3.8, 4) is 11.5 Å². The number of nitrogens with two attached hydrogens (primary N) is 1. The standard InChI is InChI=1S/C19H29N5O3/c1-12-10-23(11-13(2)24(12)6-7-25-3)19-21-15-9-17(27-5)16(26-4)8-14(15)18(20)22-19/h8-9,12-13H,6-7,10-11H2,1-5H3,(H2,20,21,22)/t12-,13+. The molecule has 27 heavy (non-hydrogen) atoms. The number of aromatic nitrogens is 2. The van der Waals surface area contributed by atoms with E-state index < -0.39 is 0 Å². The summed E-state index contributed by atoms with van der Waals surface area (Å²) in [4.78, 5) is 14.0. The van der Waals surface area contributed by atoms with Crippen LogP contribution in [0, 0.1) is 0 Å². The summed E-state index contributed by atoms with van der Waals surface area (Å²) in [5.41, 5.74) is 6.99. The minimum Gasteiger partial charge on any atom is -0.493 e. The summed E-state index contributed by atoms with van der Waals surface area (Å²) in [7, 11) is 4.94. The fraction of sp³-hybridized carbons (Fsp3) is 0.579. The maximum absolute atomic E-state index is 6.24. The molecular formula is C19H29N5O3. The Bertz CT molecular complexity index is 788. The zero-order chi connectivity index (χ0) is 19.6. The van der Waals surface area contributed by atoms with E-state index in [1.807, 2.05) is 12.1 Å². The van der Waals surface area contributed by atoms with Gasteiger partial charge in [-0.15, -0.1) is 0 Å². The van der Waals surface area contributed by atoms with Gasteiger partial charge in [-0.25, -0.2) is 4.98 Å². The molecule has 1 saturated heterocycles. The Kier molecular flexibility index (Phi) is 5.86. The zero-order valence-corrected chi connectivity index (χ0v) is 16.7. The molecule has 1 fully saturated rings. The molecule has 1 aliphatic heterocycles. The number of nitrogen functional groups attached to an aromatic ring is 1. The van der Waals surface area contributed by atoms with Crippen LogP contribution < -0.4 is 20.1 Å². The first-order valence-electron chi connectivity index (χ1n) is 9.17. The van der Waals surface area contributed by atoms with Crippen LogP contribution >= 0.6 is 0 Å². The summed E-state index contributed by atoms with van der Waals surface area (Å²) in [6, 6.07) is 4.41. The van der Waals surface area contributed by atoms with E-state index in [-0.39, 0.29) is 0 Å². The van der Waals surface area contributed by atoms with Crippen LogP contribution in [0.1, 0.15) is 13.8 Å². The van der Waals surface area contributed by atoms with E-state index in [9.17, 15) is 0 Å². The Balaban J connectivity index is 1.91. The molecule has 2 atom stereocenters. The average Bonchev–Trinajstić information content (AvgIpc) is 2.66. The molecule has 2 aromatic rings. The summed E-state index contributed by atoms with van der Waals surface area (Å²) in [5.74, 6) is 2.33. The smallest absolute Gasteiger partial charge is 0.227 e. The van der Waals surface area contributed by atoms with Crippen LogP contribution in [-0.4, -0.2) is 74.5 Å². The van der Waals surface area contributed by atoms with Gasteiger partial charge in [-0.2, -0.15) is 4.98 Å². The first kappa shape index (κ1) is 19.4. The van der Waals surface area contributed by atoms with Crippen molar-refractivity contribution in [2.45, 2.75) is 25.9 Å². The molecule has 3 rings (SSSR count). The van der Waals surface area contributed by atoms with Gasteiger partial charge in [0.2, 0.25) is 5.95 Å². The number of anilines is 2. The monoisotopic (exact) mass is 375 g/mol. The predicted octanol–water partition coefficient (Wildman–Crippen LogP) is 1.77. The minimum atomic E-state index is 0.370. The summed E-state index contributed by atoms with van der Waals surface area (Å²) >= 11 is 0. The van der Waals surface area contributed by atoms with E-state index >= 15 is 0 Å². The second kappa shape index (κ2) is 8.14. The summed E-state index contributed by atoms with van der Waals surface area (Å²) in [6.45, 7) is 7.77. The molecule has 0 aliphatic carbocycles. The van der Waals surface area contributed by atoms with Crippen molar-refractivity contribution in [1.29, 1.82) is 0 Å². The third kappa shape index (κ3) is 3.86. The van der Waals surface area contributed by atoms with Crippen molar-refractivity contribution in [1.82, 2.24) is 14.9 Å². The van der Waals surface area contributed by atoms with Gasteiger partial charge < -0.3 is 24.8 Å². The molecule has 8 heteroatoms. The number of piperazine rings is 1. The number of fused-ring (bicyclic) bond motifs is 1. The fourth-order valence-electron chi connectivity index (χ4n) is 3.77. The van der Waals surface area contributed by atoms with Crippen LogP contribution in [-0.2, 0) is 4.74 Å². The fourth-order valence-corrected chi connectivity index (χ4v) is 3.77. The Morgan fingerprint density at radius 1 is 1.04 bits per heavy atom. The van der Waals surface area contributed by atoms with Crippen molar-refractivity contribution < 1.29 is 14.2 Å². The quantitative estimate of drug-likeness (QED) is 0.818. The zero-order valence-electron chi connectivity index (χ0n) is 16.7. The van der Waals surface area contributed by atoms with Crippen molar-refractivity contribution >= 4 is 22.7 Å². The number of hydrogen-bond donors (Lipinski definition) is 1. The number of rotatable bonds is 6. The molecular weight excluding hydrogens is 346 g/mol. The lowest BCUT2D eigenvalue weighted by atomic mass is 10.1. The van der Waals surface area contributed by atoms with Gasteiger partial charge >= 0.3 is 0 Å². The molecule has 0 saturated carbocycles. The molecule has 0 bridgehead atoms. The number of methoxy groups -OCH3 is 3. The van der Waals surface area contributed by atoms with Crippen molar-refractivity contribution in [2.75, 3.05) is 58.2 Å². The van der Waals surface area contributed by atoms with E-state index in [2.05, 4.69) is 28.6 Å². The summed E-state index contributed by atoms with van der Waals surface area (Å²) in [5, 5.41) is 0.760. The lowest BCUT2D eigenvalue weighted by molar-refractivity contribution is 0.0842. The van der Waals surface area contributed by atoms with Crippen LogP contribution in [0.15, 0.2) is 12.1 Å². The van der Waals surface area contributed by atoms with Crippen LogP contribution in [0.4, 0.5) is 11.8 Å². The minimum absolute atomic E-state index is 0.370. The Morgan fingerprint density at radius 3 is 2.26 bits per heavy atom. The van der Waals surface area contributed by atoms with Crippen molar-refractivity contribution in [3.05, 3.63) is 12.1 Å². The van der Waals surface area contributed by atoms with Crippen LogP contribution in [0.5, 0.6) is 11.5 Å². The van der Waals surface area contributed by atoms with Gasteiger partial charge in [0.25, 0.3) is 0 Å². The highest BCUT2D eigenvalue weighted by atomic mass is 16.5. The molecule has 8 nitrogen and oxygen atoms in total. The highest BCUT2D eigenvalue weighted by molar-refractivity contribution is 5.91. The highest BCUT2D eigenvalue weighted by Crippen LogP contribution is 2.34. The van der Waals surface area contributed by atoms with E-state index in [0.29, 0.717) is 35.3 Å².